The fraction of sp³-hybridized carbons (Fsp3) is 0.0625. The Kier molecular flexibility index (Phi) is 5.55. The molecule has 176 valence electrons. The summed E-state index contributed by atoms with van der Waals surface area (Å²) in [6.45, 7) is 0. The van der Waals surface area contributed by atoms with Gasteiger partial charge in [0.25, 0.3) is 0 Å². The van der Waals surface area contributed by atoms with Crippen molar-refractivity contribution < 1.29 is 14.2 Å². The van der Waals surface area contributed by atoms with E-state index in [1.807, 2.05) is 72.8 Å². The summed E-state index contributed by atoms with van der Waals surface area (Å²) >= 11 is 0. The fourth-order valence-corrected chi connectivity index (χ4v) is 4.80. The Morgan fingerprint density at radius 3 is 1.47 bits per heavy atom. The third-order valence-corrected chi connectivity index (χ3v) is 6.44. The Labute approximate surface area is 210 Å². The van der Waals surface area contributed by atoms with Crippen molar-refractivity contribution in [1.82, 2.24) is 0 Å². The van der Waals surface area contributed by atoms with E-state index >= 15 is 0 Å². The first-order chi connectivity index (χ1) is 17.8. The highest BCUT2D eigenvalue weighted by Crippen LogP contribution is 2.51. The molecule has 1 aliphatic rings. The van der Waals surface area contributed by atoms with Crippen molar-refractivity contribution in [1.29, 1.82) is 0 Å². The quantitative estimate of drug-likeness (QED) is 0.252. The molecule has 0 amide bonds. The van der Waals surface area contributed by atoms with Crippen LogP contribution in [0.15, 0.2) is 115 Å². The molecule has 0 fully saturated rings. The summed E-state index contributed by atoms with van der Waals surface area (Å²) in [6, 6.07) is 39.0. The number of rotatable bonds is 5. The molecule has 0 N–H and O–H groups in total. The first-order valence-corrected chi connectivity index (χ1v) is 11.8. The van der Waals surface area contributed by atoms with Gasteiger partial charge in [-0.25, -0.2) is 0 Å². The van der Waals surface area contributed by atoms with Crippen LogP contribution >= 0.6 is 0 Å². The highest BCUT2D eigenvalue weighted by molar-refractivity contribution is 5.91. The molecule has 1 heterocycles. The van der Waals surface area contributed by atoms with Crippen LogP contribution in [0, 0.1) is 0 Å². The van der Waals surface area contributed by atoms with Gasteiger partial charge >= 0.3 is 0 Å². The second kappa shape index (κ2) is 9.16. The number of nitrogens with zero attached hydrogens (tertiary/aromatic N) is 1. The molecule has 0 aliphatic carbocycles. The third-order valence-electron chi connectivity index (χ3n) is 6.44. The smallest absolute Gasteiger partial charge is 0.151 e. The normalized spacial score (nSPS) is 11.8. The van der Waals surface area contributed by atoms with Gasteiger partial charge in [0.15, 0.2) is 11.5 Å². The SMILES string of the molecule is COc1ccccc1-c1cc(-c2ccccc2OC)cc(N2c3ccccc3Oc3ccccc32)c1. The van der Waals surface area contributed by atoms with Crippen LogP contribution in [0.25, 0.3) is 22.3 Å². The van der Waals surface area contributed by atoms with Crippen LogP contribution in [0.3, 0.4) is 0 Å². The molecule has 6 rings (SSSR count). The molecule has 4 heteroatoms. The van der Waals surface area contributed by atoms with E-state index in [-0.39, 0.29) is 0 Å². The highest BCUT2D eigenvalue weighted by Gasteiger charge is 2.26. The van der Waals surface area contributed by atoms with Crippen LogP contribution in [0.1, 0.15) is 0 Å². The summed E-state index contributed by atoms with van der Waals surface area (Å²) in [5, 5.41) is 0. The van der Waals surface area contributed by atoms with E-state index in [1.165, 1.54) is 0 Å². The van der Waals surface area contributed by atoms with Gasteiger partial charge in [-0.2, -0.15) is 0 Å². The van der Waals surface area contributed by atoms with Crippen molar-refractivity contribution in [3.05, 3.63) is 115 Å². The van der Waals surface area contributed by atoms with Gasteiger partial charge in [0.05, 0.1) is 25.6 Å². The van der Waals surface area contributed by atoms with Gasteiger partial charge < -0.3 is 19.1 Å². The fourth-order valence-electron chi connectivity index (χ4n) is 4.80. The van der Waals surface area contributed by atoms with Crippen molar-refractivity contribution >= 4 is 17.1 Å². The molecular weight excluding hydrogens is 446 g/mol. The van der Waals surface area contributed by atoms with Crippen LogP contribution in [0.4, 0.5) is 17.1 Å². The lowest BCUT2D eigenvalue weighted by molar-refractivity contribution is 0.416. The molecule has 36 heavy (non-hydrogen) atoms. The van der Waals surface area contributed by atoms with Crippen molar-refractivity contribution in [3.8, 4) is 45.3 Å². The Balaban J connectivity index is 1.64. The molecule has 0 bridgehead atoms. The molecule has 0 atom stereocenters. The van der Waals surface area contributed by atoms with E-state index in [9.17, 15) is 0 Å². The lowest BCUT2D eigenvalue weighted by Gasteiger charge is -2.33. The molecule has 1 aliphatic heterocycles. The van der Waals surface area contributed by atoms with Gasteiger partial charge in [-0.1, -0.05) is 60.7 Å². The highest BCUT2D eigenvalue weighted by atomic mass is 16.5. The van der Waals surface area contributed by atoms with Gasteiger partial charge in [-0.3, -0.25) is 0 Å². The molecule has 4 nitrogen and oxygen atoms in total. The summed E-state index contributed by atoms with van der Waals surface area (Å²) < 4.78 is 17.7. The number of methoxy groups -OCH3 is 2. The molecule has 0 spiro atoms. The van der Waals surface area contributed by atoms with Gasteiger partial charge in [0.2, 0.25) is 0 Å². The lowest BCUT2D eigenvalue weighted by Crippen LogP contribution is -2.15. The lowest BCUT2D eigenvalue weighted by atomic mass is 9.96. The first kappa shape index (κ1) is 21.8. The van der Waals surface area contributed by atoms with Gasteiger partial charge in [0, 0.05) is 16.8 Å². The zero-order chi connectivity index (χ0) is 24.5. The second-order valence-corrected chi connectivity index (χ2v) is 8.54. The number of para-hydroxylation sites is 6. The van der Waals surface area contributed by atoms with Crippen LogP contribution in [0.5, 0.6) is 23.0 Å². The van der Waals surface area contributed by atoms with Gasteiger partial charge in [-0.15, -0.1) is 0 Å². The molecule has 5 aromatic rings. The van der Waals surface area contributed by atoms with Crippen molar-refractivity contribution in [2.45, 2.75) is 0 Å². The molecule has 0 saturated heterocycles. The van der Waals surface area contributed by atoms with E-state index in [0.717, 1.165) is 62.3 Å². The van der Waals surface area contributed by atoms with Crippen molar-refractivity contribution in [2.24, 2.45) is 0 Å². The Morgan fingerprint density at radius 1 is 0.528 bits per heavy atom. The molecule has 0 aromatic heterocycles. The van der Waals surface area contributed by atoms with Crippen LogP contribution < -0.4 is 19.1 Å². The monoisotopic (exact) mass is 471 g/mol. The number of benzene rings is 5. The standard InChI is InChI=1S/C32H25NO3/c1-34-29-15-7-3-11-25(29)22-19-23(26-12-4-8-16-30(26)35-2)21-24(20-22)33-27-13-5-9-17-31(27)36-32-18-10-6-14-28(32)33/h3-21H,1-2H3. The Bertz CT molecular complexity index is 1450. The summed E-state index contributed by atoms with van der Waals surface area (Å²) in [7, 11) is 3.41. The first-order valence-electron chi connectivity index (χ1n) is 11.8. The largest absolute Gasteiger partial charge is 0.496 e. The molecule has 0 saturated carbocycles. The number of ether oxygens (including phenoxy) is 3. The van der Waals surface area contributed by atoms with E-state index < -0.39 is 0 Å². The van der Waals surface area contributed by atoms with Crippen LogP contribution in [-0.2, 0) is 0 Å². The average Bonchev–Trinajstić information content (AvgIpc) is 2.95. The third kappa shape index (κ3) is 3.73. The summed E-state index contributed by atoms with van der Waals surface area (Å²) in [4.78, 5) is 2.26. The minimum Gasteiger partial charge on any atom is -0.496 e. The minimum absolute atomic E-state index is 0.817. The Hall–Kier alpha value is -4.70. The maximum Gasteiger partial charge on any atom is 0.151 e. The molecule has 0 unspecified atom stereocenters. The average molecular weight is 472 g/mol. The summed E-state index contributed by atoms with van der Waals surface area (Å²) in [5.74, 6) is 3.28. The van der Waals surface area contributed by atoms with E-state index in [2.05, 4.69) is 47.4 Å². The maximum atomic E-state index is 6.25. The van der Waals surface area contributed by atoms with Crippen LogP contribution in [0.2, 0.25) is 0 Å². The van der Waals surface area contributed by atoms with E-state index in [4.69, 9.17) is 14.2 Å². The molecule has 0 radical (unpaired) electrons. The molecule has 5 aromatic carbocycles. The van der Waals surface area contributed by atoms with Gasteiger partial charge in [-0.05, 0) is 65.7 Å². The zero-order valence-electron chi connectivity index (χ0n) is 20.1. The van der Waals surface area contributed by atoms with Gasteiger partial charge in [0.1, 0.15) is 11.5 Å². The Morgan fingerprint density at radius 2 is 0.972 bits per heavy atom. The molecular formula is C32H25NO3. The summed E-state index contributed by atoms with van der Waals surface area (Å²) in [6.07, 6.45) is 0. The van der Waals surface area contributed by atoms with E-state index in [1.54, 1.807) is 14.2 Å². The number of fused-ring (bicyclic) bond motifs is 2. The maximum absolute atomic E-state index is 6.25. The topological polar surface area (TPSA) is 30.9 Å². The zero-order valence-corrected chi connectivity index (χ0v) is 20.1. The second-order valence-electron chi connectivity index (χ2n) is 8.54. The number of hydrogen-bond donors (Lipinski definition) is 0. The van der Waals surface area contributed by atoms with Crippen LogP contribution in [-0.4, -0.2) is 14.2 Å². The van der Waals surface area contributed by atoms with E-state index in [0.29, 0.717) is 0 Å². The predicted octanol–water partition coefficient (Wildman–Crippen LogP) is 8.61. The van der Waals surface area contributed by atoms with Crippen molar-refractivity contribution in [3.63, 3.8) is 0 Å². The van der Waals surface area contributed by atoms with Crippen molar-refractivity contribution in [2.75, 3.05) is 19.1 Å². The minimum atomic E-state index is 0.817. The predicted molar refractivity (Wildman–Crippen MR) is 145 cm³/mol. The summed E-state index contributed by atoms with van der Waals surface area (Å²) in [5.41, 5.74) is 7.13. The number of anilines is 3. The number of hydrogen-bond acceptors (Lipinski definition) is 4.